The Balaban J connectivity index is 1.33. The van der Waals surface area contributed by atoms with Gasteiger partial charge in [-0.1, -0.05) is 0 Å². The van der Waals surface area contributed by atoms with Crippen LogP contribution in [0.15, 0.2) is 31.1 Å². The third-order valence-corrected chi connectivity index (χ3v) is 5.73. The summed E-state index contributed by atoms with van der Waals surface area (Å²) >= 11 is 0. The Hall–Kier alpha value is -2.68. The van der Waals surface area contributed by atoms with Crippen molar-refractivity contribution in [1.82, 2.24) is 24.8 Å². The molecule has 2 N–H and O–H groups in total. The number of aromatic nitrogens is 4. The van der Waals surface area contributed by atoms with Crippen LogP contribution in [0.4, 0.5) is 11.6 Å². The van der Waals surface area contributed by atoms with E-state index in [1.165, 1.54) is 6.33 Å². The van der Waals surface area contributed by atoms with E-state index in [0.717, 1.165) is 24.5 Å². The number of hydrogen-bond donors (Lipinski definition) is 2. The van der Waals surface area contributed by atoms with Crippen LogP contribution in [0.1, 0.15) is 25.3 Å². The zero-order valence-electron chi connectivity index (χ0n) is 16.3. The third kappa shape index (κ3) is 3.80. The van der Waals surface area contributed by atoms with Crippen LogP contribution in [0.25, 0.3) is 0 Å². The molecule has 1 saturated heterocycles. The second-order valence-electron chi connectivity index (χ2n) is 7.90. The first kappa shape index (κ1) is 18.7. The summed E-state index contributed by atoms with van der Waals surface area (Å²) in [7, 11) is 3.86. The van der Waals surface area contributed by atoms with E-state index in [0.29, 0.717) is 25.6 Å². The lowest BCUT2D eigenvalue weighted by Gasteiger charge is -2.35. The van der Waals surface area contributed by atoms with Gasteiger partial charge in [0.2, 0.25) is 5.91 Å². The number of hydrogen-bond acceptors (Lipinski definition) is 7. The Labute approximate surface area is 164 Å². The minimum Gasteiger partial charge on any atom is -0.391 e. The van der Waals surface area contributed by atoms with Crippen molar-refractivity contribution in [3.05, 3.63) is 31.1 Å². The predicted molar refractivity (Wildman–Crippen MR) is 105 cm³/mol. The summed E-state index contributed by atoms with van der Waals surface area (Å²) < 4.78 is 2.07. The first-order valence-corrected chi connectivity index (χ1v) is 9.70. The van der Waals surface area contributed by atoms with E-state index in [2.05, 4.69) is 29.7 Å². The van der Waals surface area contributed by atoms with Crippen molar-refractivity contribution in [2.75, 3.05) is 37.0 Å². The number of anilines is 2. The summed E-state index contributed by atoms with van der Waals surface area (Å²) in [5, 5.41) is 13.2. The van der Waals surface area contributed by atoms with Crippen LogP contribution in [-0.4, -0.2) is 69.9 Å². The number of β-amino-alcohol motifs (C(OH)–C–C–N with tert-alkyl or cyclic N) is 1. The number of amides is 1. The summed E-state index contributed by atoms with van der Waals surface area (Å²) in [5.41, 5.74) is 0. The van der Waals surface area contributed by atoms with Gasteiger partial charge in [-0.3, -0.25) is 4.79 Å². The molecule has 0 unspecified atom stereocenters. The second kappa shape index (κ2) is 7.75. The highest BCUT2D eigenvalue weighted by atomic mass is 16.3. The van der Waals surface area contributed by atoms with Crippen LogP contribution in [0, 0.1) is 5.92 Å². The topological polar surface area (TPSA) is 99.4 Å². The molecular formula is C19H27N7O2. The summed E-state index contributed by atoms with van der Waals surface area (Å²) in [6.07, 6.45) is 8.94. The molecule has 2 atom stereocenters. The standard InChI is InChI=1S/C19H27N7O2/c1-24(2)17-8-18(23-11-22-17)26-10-16(27)7-15(26)9-21-19(28)13-5-14(6-13)25-4-3-20-12-25/h3-4,8,11-16,27H,5-7,9-10H2,1-2H3,(H,21,28)/t13?,14?,15-,16-/m1/s1. The van der Waals surface area contributed by atoms with Crippen molar-refractivity contribution in [2.45, 2.75) is 37.5 Å². The highest BCUT2D eigenvalue weighted by Gasteiger charge is 2.37. The summed E-state index contributed by atoms with van der Waals surface area (Å²) in [4.78, 5) is 29.2. The van der Waals surface area contributed by atoms with Gasteiger partial charge in [0.15, 0.2) is 0 Å². The van der Waals surface area contributed by atoms with Crippen molar-refractivity contribution in [1.29, 1.82) is 0 Å². The molecule has 2 fully saturated rings. The molecule has 150 valence electrons. The first-order chi connectivity index (χ1) is 13.5. The minimum atomic E-state index is -0.422. The Morgan fingerprint density at radius 2 is 2.14 bits per heavy atom. The maximum Gasteiger partial charge on any atom is 0.223 e. The third-order valence-electron chi connectivity index (χ3n) is 5.73. The maximum absolute atomic E-state index is 12.5. The van der Waals surface area contributed by atoms with Crippen molar-refractivity contribution in [3.63, 3.8) is 0 Å². The molecule has 4 rings (SSSR count). The van der Waals surface area contributed by atoms with Gasteiger partial charge in [-0.15, -0.1) is 0 Å². The van der Waals surface area contributed by atoms with Gasteiger partial charge in [0.25, 0.3) is 0 Å². The van der Waals surface area contributed by atoms with E-state index in [-0.39, 0.29) is 17.9 Å². The molecule has 1 aliphatic heterocycles. The number of carbonyl (C=O) groups excluding carboxylic acids is 1. The molecule has 1 aliphatic carbocycles. The fraction of sp³-hybridized carbons (Fsp3) is 0.579. The molecule has 0 bridgehead atoms. The van der Waals surface area contributed by atoms with Crippen LogP contribution in [0.3, 0.4) is 0 Å². The molecule has 28 heavy (non-hydrogen) atoms. The smallest absolute Gasteiger partial charge is 0.223 e. The van der Waals surface area contributed by atoms with Crippen LogP contribution >= 0.6 is 0 Å². The molecule has 2 aliphatic rings. The fourth-order valence-corrected chi connectivity index (χ4v) is 4.00. The fourth-order valence-electron chi connectivity index (χ4n) is 4.00. The zero-order valence-corrected chi connectivity index (χ0v) is 16.3. The quantitative estimate of drug-likeness (QED) is 0.745. The molecular weight excluding hydrogens is 358 g/mol. The van der Waals surface area contributed by atoms with Crippen molar-refractivity contribution < 1.29 is 9.90 Å². The average Bonchev–Trinajstić information content (AvgIpc) is 3.28. The molecule has 2 aromatic heterocycles. The Morgan fingerprint density at radius 1 is 1.32 bits per heavy atom. The van der Waals surface area contributed by atoms with E-state index in [4.69, 9.17) is 0 Å². The molecule has 1 amide bonds. The lowest BCUT2D eigenvalue weighted by molar-refractivity contribution is -0.128. The number of imidazole rings is 1. The maximum atomic E-state index is 12.5. The number of nitrogens with one attached hydrogen (secondary N) is 1. The van der Waals surface area contributed by atoms with E-state index in [9.17, 15) is 9.90 Å². The van der Waals surface area contributed by atoms with E-state index in [1.807, 2.05) is 31.3 Å². The van der Waals surface area contributed by atoms with Gasteiger partial charge in [-0.2, -0.15) is 0 Å². The van der Waals surface area contributed by atoms with Gasteiger partial charge in [0.05, 0.1) is 18.5 Å². The SMILES string of the molecule is CN(C)c1cc(N2C[C@H](O)C[C@@H]2CNC(=O)C2CC(n3ccnc3)C2)ncn1. The monoisotopic (exact) mass is 385 g/mol. The number of rotatable bonds is 6. The van der Waals surface area contributed by atoms with Gasteiger partial charge >= 0.3 is 0 Å². The molecule has 2 aromatic rings. The average molecular weight is 385 g/mol. The molecule has 0 radical (unpaired) electrons. The van der Waals surface area contributed by atoms with Crippen LogP contribution in [0.5, 0.6) is 0 Å². The number of carbonyl (C=O) groups is 1. The van der Waals surface area contributed by atoms with Gasteiger partial charge in [0, 0.05) is 57.6 Å². The second-order valence-corrected chi connectivity index (χ2v) is 7.90. The molecule has 9 heteroatoms. The van der Waals surface area contributed by atoms with Gasteiger partial charge in [-0.05, 0) is 19.3 Å². The lowest BCUT2D eigenvalue weighted by Crippen LogP contribution is -2.45. The van der Waals surface area contributed by atoms with E-state index >= 15 is 0 Å². The number of aliphatic hydroxyl groups is 1. The molecule has 0 aromatic carbocycles. The highest BCUT2D eigenvalue weighted by Crippen LogP contribution is 2.37. The van der Waals surface area contributed by atoms with Gasteiger partial charge < -0.3 is 24.8 Å². The Kier molecular flexibility index (Phi) is 5.17. The van der Waals surface area contributed by atoms with Gasteiger partial charge in [0.1, 0.15) is 18.0 Å². The van der Waals surface area contributed by atoms with Crippen LogP contribution < -0.4 is 15.1 Å². The first-order valence-electron chi connectivity index (χ1n) is 9.70. The van der Waals surface area contributed by atoms with E-state index in [1.54, 1.807) is 12.5 Å². The van der Waals surface area contributed by atoms with Crippen LogP contribution in [0.2, 0.25) is 0 Å². The van der Waals surface area contributed by atoms with Crippen molar-refractivity contribution in [3.8, 4) is 0 Å². The Morgan fingerprint density at radius 3 is 2.86 bits per heavy atom. The molecule has 9 nitrogen and oxygen atoms in total. The lowest BCUT2D eigenvalue weighted by atomic mass is 9.79. The largest absolute Gasteiger partial charge is 0.391 e. The predicted octanol–water partition coefficient (Wildman–Crippen LogP) is 0.446. The molecule has 0 spiro atoms. The van der Waals surface area contributed by atoms with Crippen molar-refractivity contribution in [2.24, 2.45) is 5.92 Å². The number of nitrogens with zero attached hydrogens (tertiary/aromatic N) is 6. The van der Waals surface area contributed by atoms with Crippen LogP contribution in [-0.2, 0) is 4.79 Å². The minimum absolute atomic E-state index is 0.0217. The summed E-state index contributed by atoms with van der Waals surface area (Å²) in [5.74, 6) is 1.73. The summed E-state index contributed by atoms with van der Waals surface area (Å²) in [6, 6.07) is 2.30. The summed E-state index contributed by atoms with van der Waals surface area (Å²) in [6.45, 7) is 1.01. The normalized spacial score (nSPS) is 26.8. The Bertz CT molecular complexity index is 804. The number of aliphatic hydroxyl groups excluding tert-OH is 1. The molecule has 1 saturated carbocycles. The van der Waals surface area contributed by atoms with E-state index < -0.39 is 6.10 Å². The zero-order chi connectivity index (χ0) is 19.7. The molecule has 3 heterocycles. The highest BCUT2D eigenvalue weighted by molar-refractivity contribution is 5.79. The van der Waals surface area contributed by atoms with Crippen molar-refractivity contribution >= 4 is 17.5 Å². The van der Waals surface area contributed by atoms with Gasteiger partial charge in [-0.25, -0.2) is 15.0 Å².